The van der Waals surface area contributed by atoms with E-state index in [4.69, 9.17) is 14.6 Å². The van der Waals surface area contributed by atoms with Gasteiger partial charge in [-0.15, -0.1) is 0 Å². The first-order valence-corrected chi connectivity index (χ1v) is 9.41. The molecule has 1 atom stereocenters. The molecule has 0 fully saturated rings. The van der Waals surface area contributed by atoms with Crippen LogP contribution in [0.25, 0.3) is 0 Å². The Labute approximate surface area is 170 Å². The molecule has 0 aliphatic heterocycles. The lowest BCUT2D eigenvalue weighted by atomic mass is 10.1. The van der Waals surface area contributed by atoms with Crippen LogP contribution in [0.15, 0.2) is 79.0 Å². The summed E-state index contributed by atoms with van der Waals surface area (Å²) in [5, 5.41) is 8.94. The largest absolute Gasteiger partial charge is 0.486 e. The summed E-state index contributed by atoms with van der Waals surface area (Å²) in [7, 11) is 1.79. The number of likely N-dealkylation sites (N-methyl/N-ethyl adjacent to an activating group) is 1. The highest BCUT2D eigenvalue weighted by Crippen LogP contribution is 2.28. The van der Waals surface area contributed by atoms with E-state index >= 15 is 0 Å². The average molecular weight is 392 g/mol. The zero-order valence-electron chi connectivity index (χ0n) is 16.3. The van der Waals surface area contributed by atoms with Crippen LogP contribution in [0.2, 0.25) is 0 Å². The van der Waals surface area contributed by atoms with E-state index in [0.29, 0.717) is 30.3 Å². The molecule has 0 aliphatic rings. The lowest BCUT2D eigenvalue weighted by Crippen LogP contribution is -2.28. The Kier molecular flexibility index (Phi) is 7.19. The van der Waals surface area contributed by atoms with Crippen molar-refractivity contribution in [1.82, 2.24) is 9.88 Å². The molecule has 0 saturated heterocycles. The Hall–Kier alpha value is -3.38. The summed E-state index contributed by atoms with van der Waals surface area (Å²) in [5.41, 5.74) is 1.05. The first kappa shape index (κ1) is 20.4. The number of hydrogen-bond acceptors (Lipinski definition) is 5. The van der Waals surface area contributed by atoms with E-state index in [9.17, 15) is 4.79 Å². The van der Waals surface area contributed by atoms with E-state index in [1.807, 2.05) is 66.7 Å². The van der Waals surface area contributed by atoms with Crippen molar-refractivity contribution in [3.63, 3.8) is 0 Å². The monoisotopic (exact) mass is 392 g/mol. The summed E-state index contributed by atoms with van der Waals surface area (Å²) in [6.45, 7) is 0.605. The van der Waals surface area contributed by atoms with E-state index in [1.54, 1.807) is 24.2 Å². The fourth-order valence-corrected chi connectivity index (χ4v) is 2.89. The molecule has 29 heavy (non-hydrogen) atoms. The highest BCUT2D eigenvalue weighted by Gasteiger charge is 2.15. The molecule has 0 saturated carbocycles. The van der Waals surface area contributed by atoms with E-state index in [1.165, 1.54) is 0 Å². The number of hydrogen-bond donors (Lipinski definition) is 1. The highest BCUT2D eigenvalue weighted by molar-refractivity contribution is 5.68. The standard InChI is InChI=1S/C23H24N2O4/c1-25(17-23(26)27)16-14-21(18-7-3-2-4-8-18)28-19-10-12-20(13-11-19)29-22-9-5-6-15-24-22/h2-13,15,21H,14,16-17H2,1H3,(H,26,27). The van der Waals surface area contributed by atoms with Gasteiger partial charge in [-0.25, -0.2) is 4.98 Å². The van der Waals surface area contributed by atoms with Gasteiger partial charge in [0.2, 0.25) is 5.88 Å². The van der Waals surface area contributed by atoms with E-state index < -0.39 is 5.97 Å². The van der Waals surface area contributed by atoms with Crippen molar-refractivity contribution < 1.29 is 19.4 Å². The molecule has 1 unspecified atom stereocenters. The van der Waals surface area contributed by atoms with Crippen LogP contribution in [0.1, 0.15) is 18.1 Å². The third kappa shape index (κ3) is 6.62. The summed E-state index contributed by atoms with van der Waals surface area (Å²) < 4.78 is 11.9. The van der Waals surface area contributed by atoms with Crippen molar-refractivity contribution >= 4 is 5.97 Å². The van der Waals surface area contributed by atoms with Gasteiger partial charge in [0.05, 0.1) is 6.54 Å². The van der Waals surface area contributed by atoms with Crippen LogP contribution in [0, 0.1) is 0 Å². The van der Waals surface area contributed by atoms with Crippen LogP contribution in [0.4, 0.5) is 0 Å². The third-order valence-electron chi connectivity index (χ3n) is 4.31. The summed E-state index contributed by atoms with van der Waals surface area (Å²) in [4.78, 5) is 16.8. The number of ether oxygens (including phenoxy) is 2. The molecule has 0 amide bonds. The number of aliphatic carboxylic acids is 1. The van der Waals surface area contributed by atoms with Gasteiger partial charge >= 0.3 is 5.97 Å². The van der Waals surface area contributed by atoms with Gasteiger partial charge in [0.25, 0.3) is 0 Å². The topological polar surface area (TPSA) is 71.9 Å². The van der Waals surface area contributed by atoms with Crippen molar-refractivity contribution in [2.24, 2.45) is 0 Å². The SMILES string of the molecule is CN(CCC(Oc1ccc(Oc2ccccn2)cc1)c1ccccc1)CC(=O)O. The smallest absolute Gasteiger partial charge is 0.317 e. The van der Waals surface area contributed by atoms with Gasteiger partial charge in [-0.1, -0.05) is 36.4 Å². The second-order valence-corrected chi connectivity index (χ2v) is 6.68. The van der Waals surface area contributed by atoms with E-state index in [0.717, 1.165) is 5.56 Å². The van der Waals surface area contributed by atoms with Gasteiger partial charge in [-0.3, -0.25) is 9.69 Å². The molecular formula is C23H24N2O4. The molecule has 0 aliphatic carbocycles. The number of carboxylic acid groups (broad SMARTS) is 1. The minimum atomic E-state index is -0.840. The number of carbonyl (C=O) groups is 1. The van der Waals surface area contributed by atoms with Crippen molar-refractivity contribution in [2.75, 3.05) is 20.1 Å². The minimum absolute atomic E-state index is 0.00106. The molecule has 1 heterocycles. The average Bonchev–Trinajstić information content (AvgIpc) is 2.73. The van der Waals surface area contributed by atoms with Crippen LogP contribution < -0.4 is 9.47 Å². The maximum atomic E-state index is 10.9. The van der Waals surface area contributed by atoms with Gasteiger partial charge < -0.3 is 14.6 Å². The van der Waals surface area contributed by atoms with Crippen molar-refractivity contribution in [3.05, 3.63) is 84.6 Å². The molecule has 0 spiro atoms. The zero-order chi connectivity index (χ0) is 20.5. The second-order valence-electron chi connectivity index (χ2n) is 6.68. The number of pyridine rings is 1. The number of carboxylic acids is 1. The summed E-state index contributed by atoms with van der Waals surface area (Å²) in [6.07, 6.45) is 2.16. The first-order valence-electron chi connectivity index (χ1n) is 9.41. The second kappa shape index (κ2) is 10.2. The van der Waals surface area contributed by atoms with Gasteiger partial charge in [0, 0.05) is 25.2 Å². The lowest BCUT2D eigenvalue weighted by molar-refractivity contribution is -0.138. The maximum absolute atomic E-state index is 10.9. The quantitative estimate of drug-likeness (QED) is 0.551. The fourth-order valence-electron chi connectivity index (χ4n) is 2.89. The molecule has 1 aromatic heterocycles. The Morgan fingerprint density at radius 2 is 1.69 bits per heavy atom. The third-order valence-corrected chi connectivity index (χ3v) is 4.31. The predicted molar refractivity (Wildman–Crippen MR) is 110 cm³/mol. The Balaban J connectivity index is 1.66. The Morgan fingerprint density at radius 3 is 2.34 bits per heavy atom. The van der Waals surface area contributed by atoms with Crippen LogP contribution in [-0.4, -0.2) is 41.1 Å². The molecule has 150 valence electrons. The molecule has 1 N–H and O–H groups in total. The van der Waals surface area contributed by atoms with Crippen LogP contribution in [0.5, 0.6) is 17.4 Å². The minimum Gasteiger partial charge on any atom is -0.486 e. The molecule has 0 bridgehead atoms. The number of rotatable bonds is 10. The van der Waals surface area contributed by atoms with Crippen LogP contribution in [0.3, 0.4) is 0 Å². The molecule has 3 rings (SSSR count). The maximum Gasteiger partial charge on any atom is 0.317 e. The van der Waals surface area contributed by atoms with Crippen molar-refractivity contribution in [2.45, 2.75) is 12.5 Å². The Bertz CT molecular complexity index is 886. The normalized spacial score (nSPS) is 11.8. The molecule has 2 aromatic carbocycles. The zero-order valence-corrected chi connectivity index (χ0v) is 16.3. The van der Waals surface area contributed by atoms with Gasteiger partial charge in [0.1, 0.15) is 17.6 Å². The number of benzene rings is 2. The van der Waals surface area contributed by atoms with Crippen LogP contribution >= 0.6 is 0 Å². The van der Waals surface area contributed by atoms with Crippen molar-refractivity contribution in [3.8, 4) is 17.4 Å². The lowest BCUT2D eigenvalue weighted by Gasteiger charge is -2.22. The molecular weight excluding hydrogens is 368 g/mol. The first-order chi connectivity index (χ1) is 14.1. The van der Waals surface area contributed by atoms with Gasteiger partial charge in [-0.05, 0) is 42.9 Å². The van der Waals surface area contributed by atoms with E-state index in [-0.39, 0.29) is 12.6 Å². The van der Waals surface area contributed by atoms with E-state index in [2.05, 4.69) is 4.98 Å². The van der Waals surface area contributed by atoms with Crippen LogP contribution in [-0.2, 0) is 4.79 Å². The summed E-state index contributed by atoms with van der Waals surface area (Å²) in [5.74, 6) is 1.08. The van der Waals surface area contributed by atoms with Gasteiger partial charge in [0.15, 0.2) is 0 Å². The number of aromatic nitrogens is 1. The highest BCUT2D eigenvalue weighted by atomic mass is 16.5. The molecule has 6 nitrogen and oxygen atoms in total. The summed E-state index contributed by atoms with van der Waals surface area (Å²) in [6, 6.07) is 22.8. The van der Waals surface area contributed by atoms with Gasteiger partial charge in [-0.2, -0.15) is 0 Å². The number of nitrogens with zero attached hydrogens (tertiary/aromatic N) is 2. The Morgan fingerprint density at radius 1 is 1.00 bits per heavy atom. The molecule has 6 heteroatoms. The molecule has 0 radical (unpaired) electrons. The summed E-state index contributed by atoms with van der Waals surface area (Å²) >= 11 is 0. The fraction of sp³-hybridized carbons (Fsp3) is 0.217. The predicted octanol–water partition coefficient (Wildman–Crippen LogP) is 4.40. The molecule has 3 aromatic rings. The van der Waals surface area contributed by atoms with Crippen molar-refractivity contribution in [1.29, 1.82) is 0 Å².